The van der Waals surface area contributed by atoms with Crippen molar-refractivity contribution in [3.8, 4) is 0 Å². The second-order valence-electron chi connectivity index (χ2n) is 6.33. The lowest BCUT2D eigenvalue weighted by atomic mass is 9.65. The van der Waals surface area contributed by atoms with Crippen molar-refractivity contribution in [3.63, 3.8) is 0 Å². The Morgan fingerprint density at radius 1 is 1.33 bits per heavy atom. The van der Waals surface area contributed by atoms with E-state index in [4.69, 9.17) is 4.74 Å². The van der Waals surface area contributed by atoms with E-state index in [9.17, 15) is 0 Å². The van der Waals surface area contributed by atoms with Crippen LogP contribution in [-0.4, -0.2) is 11.7 Å². The predicted octanol–water partition coefficient (Wildman–Crippen LogP) is 4.16. The summed E-state index contributed by atoms with van der Waals surface area (Å²) >= 11 is 0. The molecular formula is C14H26O. The van der Waals surface area contributed by atoms with Crippen LogP contribution in [0.15, 0.2) is 0 Å². The van der Waals surface area contributed by atoms with Crippen LogP contribution in [0.2, 0.25) is 0 Å². The van der Waals surface area contributed by atoms with Gasteiger partial charge in [-0.15, -0.1) is 0 Å². The van der Waals surface area contributed by atoms with E-state index in [1.165, 1.54) is 38.5 Å². The summed E-state index contributed by atoms with van der Waals surface area (Å²) in [6, 6.07) is 0. The van der Waals surface area contributed by atoms with Gasteiger partial charge >= 0.3 is 0 Å². The van der Waals surface area contributed by atoms with Gasteiger partial charge in [0.1, 0.15) is 0 Å². The van der Waals surface area contributed by atoms with Crippen molar-refractivity contribution in [2.24, 2.45) is 11.3 Å². The van der Waals surface area contributed by atoms with Gasteiger partial charge in [-0.2, -0.15) is 0 Å². The predicted molar refractivity (Wildman–Crippen MR) is 63.9 cm³/mol. The van der Waals surface area contributed by atoms with Gasteiger partial charge in [-0.25, -0.2) is 0 Å². The lowest BCUT2D eigenvalue weighted by Gasteiger charge is -2.38. The van der Waals surface area contributed by atoms with E-state index in [1.54, 1.807) is 0 Å². The van der Waals surface area contributed by atoms with Gasteiger partial charge in [0, 0.05) is 0 Å². The van der Waals surface area contributed by atoms with E-state index in [0.29, 0.717) is 11.5 Å². The third kappa shape index (κ3) is 1.84. The van der Waals surface area contributed by atoms with Crippen molar-refractivity contribution in [2.45, 2.75) is 77.9 Å². The molecule has 0 aromatic carbocycles. The quantitative estimate of drug-likeness (QED) is 0.679. The summed E-state index contributed by atoms with van der Waals surface area (Å²) in [6.45, 7) is 9.42. The molecule has 2 rings (SSSR count). The number of unbranched alkanes of at least 4 members (excludes halogenated alkanes) is 1. The van der Waals surface area contributed by atoms with Crippen molar-refractivity contribution in [3.05, 3.63) is 0 Å². The zero-order valence-corrected chi connectivity index (χ0v) is 10.8. The summed E-state index contributed by atoms with van der Waals surface area (Å²) in [4.78, 5) is 0. The summed E-state index contributed by atoms with van der Waals surface area (Å²) in [7, 11) is 0. The molecular weight excluding hydrogens is 184 g/mol. The average molecular weight is 210 g/mol. The molecule has 0 spiro atoms. The maximum absolute atomic E-state index is 6.39. The van der Waals surface area contributed by atoms with Crippen molar-refractivity contribution in [1.82, 2.24) is 0 Å². The van der Waals surface area contributed by atoms with Crippen molar-refractivity contribution in [2.75, 3.05) is 0 Å². The third-order valence-electron chi connectivity index (χ3n) is 4.95. The van der Waals surface area contributed by atoms with Gasteiger partial charge in [-0.05, 0) is 43.9 Å². The molecule has 2 fully saturated rings. The van der Waals surface area contributed by atoms with E-state index in [2.05, 4.69) is 27.7 Å². The smallest absolute Gasteiger partial charge is 0.0690 e. The topological polar surface area (TPSA) is 9.23 Å². The van der Waals surface area contributed by atoms with Crippen molar-refractivity contribution < 1.29 is 4.74 Å². The molecule has 1 aliphatic heterocycles. The minimum absolute atomic E-state index is 0.186. The van der Waals surface area contributed by atoms with Crippen LogP contribution in [0.5, 0.6) is 0 Å². The van der Waals surface area contributed by atoms with E-state index < -0.39 is 0 Å². The van der Waals surface area contributed by atoms with Crippen LogP contribution in [0.4, 0.5) is 0 Å². The van der Waals surface area contributed by atoms with Crippen LogP contribution < -0.4 is 0 Å². The molecule has 1 heterocycles. The van der Waals surface area contributed by atoms with Crippen LogP contribution in [0, 0.1) is 11.3 Å². The summed E-state index contributed by atoms with van der Waals surface area (Å²) < 4.78 is 6.39. The minimum atomic E-state index is 0.186. The normalized spacial score (nSPS) is 49.6. The van der Waals surface area contributed by atoms with E-state index >= 15 is 0 Å². The molecule has 4 unspecified atom stereocenters. The van der Waals surface area contributed by atoms with Crippen LogP contribution in [0.3, 0.4) is 0 Å². The van der Waals surface area contributed by atoms with Gasteiger partial charge in [0.15, 0.2) is 0 Å². The Kier molecular flexibility index (Phi) is 2.87. The molecule has 4 atom stereocenters. The first-order valence-corrected chi connectivity index (χ1v) is 6.68. The Morgan fingerprint density at radius 2 is 2.07 bits per heavy atom. The van der Waals surface area contributed by atoms with Crippen LogP contribution in [-0.2, 0) is 4.74 Å². The van der Waals surface area contributed by atoms with E-state index in [1.807, 2.05) is 0 Å². The number of hydrogen-bond donors (Lipinski definition) is 0. The SMILES string of the molecule is CCCCC1OC2(C)CC1(C)CCC2C. The number of ether oxygens (including phenoxy) is 1. The molecule has 2 aliphatic rings. The Balaban J connectivity index is 2.09. The first kappa shape index (κ1) is 11.4. The molecule has 1 saturated heterocycles. The fraction of sp³-hybridized carbons (Fsp3) is 1.00. The molecule has 0 aromatic heterocycles. The van der Waals surface area contributed by atoms with Crippen molar-refractivity contribution in [1.29, 1.82) is 0 Å². The summed E-state index contributed by atoms with van der Waals surface area (Å²) in [5.74, 6) is 0.747. The number of rotatable bonds is 3. The van der Waals surface area contributed by atoms with Crippen LogP contribution in [0.25, 0.3) is 0 Å². The van der Waals surface area contributed by atoms with Crippen LogP contribution in [0.1, 0.15) is 66.2 Å². The van der Waals surface area contributed by atoms with Crippen LogP contribution >= 0.6 is 0 Å². The molecule has 0 aromatic rings. The third-order valence-corrected chi connectivity index (χ3v) is 4.95. The second-order valence-corrected chi connectivity index (χ2v) is 6.33. The van der Waals surface area contributed by atoms with Crippen molar-refractivity contribution >= 4 is 0 Å². The molecule has 1 nitrogen and oxygen atoms in total. The first-order valence-electron chi connectivity index (χ1n) is 6.68. The minimum Gasteiger partial charge on any atom is -0.371 e. The number of hydrogen-bond acceptors (Lipinski definition) is 1. The molecule has 2 bridgehead atoms. The Hall–Kier alpha value is -0.0400. The monoisotopic (exact) mass is 210 g/mol. The highest BCUT2D eigenvalue weighted by Gasteiger charge is 2.55. The zero-order chi connectivity index (χ0) is 11.1. The largest absolute Gasteiger partial charge is 0.371 e. The molecule has 1 saturated carbocycles. The number of fused-ring (bicyclic) bond motifs is 2. The highest BCUT2D eigenvalue weighted by Crippen LogP contribution is 2.56. The highest BCUT2D eigenvalue weighted by atomic mass is 16.5. The summed E-state index contributed by atoms with van der Waals surface area (Å²) in [5, 5.41) is 0. The Bertz CT molecular complexity index is 237. The van der Waals surface area contributed by atoms with E-state index in [0.717, 1.165) is 5.92 Å². The maximum Gasteiger partial charge on any atom is 0.0690 e. The summed E-state index contributed by atoms with van der Waals surface area (Å²) in [5.41, 5.74) is 0.668. The summed E-state index contributed by atoms with van der Waals surface area (Å²) in [6.07, 6.45) is 8.44. The maximum atomic E-state index is 6.39. The molecule has 0 amide bonds. The van der Waals surface area contributed by atoms with Gasteiger partial charge in [0.05, 0.1) is 11.7 Å². The standard InChI is InChI=1S/C14H26O/c1-5-6-7-12-13(3)9-8-11(2)14(4,10-13)15-12/h11-12H,5-10H2,1-4H3. The van der Waals surface area contributed by atoms with Gasteiger partial charge in [0.2, 0.25) is 0 Å². The molecule has 1 heteroatoms. The zero-order valence-electron chi connectivity index (χ0n) is 10.8. The van der Waals surface area contributed by atoms with Gasteiger partial charge in [-0.1, -0.05) is 33.6 Å². The van der Waals surface area contributed by atoms with Gasteiger partial charge in [-0.3, -0.25) is 0 Å². The highest BCUT2D eigenvalue weighted by molar-refractivity contribution is 5.04. The first-order chi connectivity index (χ1) is 7.00. The molecule has 0 N–H and O–H groups in total. The van der Waals surface area contributed by atoms with Gasteiger partial charge in [0.25, 0.3) is 0 Å². The molecule has 0 radical (unpaired) electrons. The molecule has 1 aliphatic carbocycles. The Morgan fingerprint density at radius 3 is 2.67 bits per heavy atom. The Labute approximate surface area is 94.6 Å². The fourth-order valence-corrected chi connectivity index (χ4v) is 3.61. The van der Waals surface area contributed by atoms with E-state index in [-0.39, 0.29) is 5.60 Å². The average Bonchev–Trinajstić information content (AvgIpc) is 2.40. The lowest BCUT2D eigenvalue weighted by Crippen LogP contribution is -2.37. The fourth-order valence-electron chi connectivity index (χ4n) is 3.61. The van der Waals surface area contributed by atoms with Gasteiger partial charge < -0.3 is 4.74 Å². The lowest BCUT2D eigenvalue weighted by molar-refractivity contribution is -0.0638. The second kappa shape index (κ2) is 3.76. The molecule has 88 valence electrons. The molecule has 15 heavy (non-hydrogen) atoms.